The highest BCUT2D eigenvalue weighted by molar-refractivity contribution is 5.73. The Hall–Kier alpha value is -0.970. The molecular weight excluding hydrogens is 90.1 g/mol. The van der Waals surface area contributed by atoms with Crippen LogP contribution in [0.15, 0.2) is 0 Å². The SMILES string of the molecule is C#CCNC(C)=O. The first-order chi connectivity index (χ1) is 3.27. The van der Waals surface area contributed by atoms with Gasteiger partial charge in [0, 0.05) is 6.92 Å². The van der Waals surface area contributed by atoms with Gasteiger partial charge in [-0.25, -0.2) is 0 Å². The second kappa shape index (κ2) is 3.23. The molecule has 0 saturated heterocycles. The average molecular weight is 97.1 g/mol. The molecule has 0 heterocycles. The van der Waals surface area contributed by atoms with Crippen LogP contribution in [0.4, 0.5) is 0 Å². The van der Waals surface area contributed by atoms with Crippen molar-refractivity contribution in [3.8, 4) is 12.3 Å². The maximum atomic E-state index is 10.00. The van der Waals surface area contributed by atoms with Gasteiger partial charge in [0.1, 0.15) is 0 Å². The Kier molecular flexibility index (Phi) is 2.78. The smallest absolute Gasteiger partial charge is 0.217 e. The van der Waals surface area contributed by atoms with Crippen LogP contribution in [0.1, 0.15) is 6.92 Å². The summed E-state index contributed by atoms with van der Waals surface area (Å²) in [6.45, 7) is 1.76. The van der Waals surface area contributed by atoms with Crippen LogP contribution < -0.4 is 5.32 Å². The van der Waals surface area contributed by atoms with Crippen LogP contribution >= 0.6 is 0 Å². The topological polar surface area (TPSA) is 29.1 Å². The summed E-state index contributed by atoms with van der Waals surface area (Å²) >= 11 is 0. The van der Waals surface area contributed by atoms with E-state index in [9.17, 15) is 4.79 Å². The molecule has 0 rings (SSSR count). The van der Waals surface area contributed by atoms with Crippen LogP contribution in [0, 0.1) is 12.3 Å². The molecule has 0 saturated carbocycles. The maximum Gasteiger partial charge on any atom is 0.217 e. The molecule has 0 fully saturated rings. The minimum atomic E-state index is -0.0852. The number of rotatable bonds is 1. The van der Waals surface area contributed by atoms with E-state index in [1.54, 1.807) is 0 Å². The number of carbonyl (C=O) groups excluding carboxylic acids is 1. The van der Waals surface area contributed by atoms with Crippen LogP contribution in [0.5, 0.6) is 0 Å². The molecule has 0 bridgehead atoms. The van der Waals surface area contributed by atoms with E-state index in [1.165, 1.54) is 6.92 Å². The Morgan fingerprint density at radius 3 is 2.71 bits per heavy atom. The van der Waals surface area contributed by atoms with Gasteiger partial charge >= 0.3 is 0 Å². The first kappa shape index (κ1) is 6.03. The lowest BCUT2D eigenvalue weighted by molar-refractivity contribution is -0.118. The Morgan fingerprint density at radius 2 is 2.57 bits per heavy atom. The van der Waals surface area contributed by atoms with Crippen molar-refractivity contribution in [3.05, 3.63) is 0 Å². The molecule has 38 valence electrons. The van der Waals surface area contributed by atoms with Crippen molar-refractivity contribution in [2.24, 2.45) is 0 Å². The number of nitrogens with one attached hydrogen (secondary N) is 1. The molecule has 1 N–H and O–H groups in total. The molecule has 0 radical (unpaired) electrons. The summed E-state index contributed by atoms with van der Waals surface area (Å²) < 4.78 is 0. The Morgan fingerprint density at radius 1 is 2.00 bits per heavy atom. The van der Waals surface area contributed by atoms with Crippen LogP contribution in [0.25, 0.3) is 0 Å². The molecule has 0 aromatic rings. The number of hydrogen-bond donors (Lipinski definition) is 1. The zero-order valence-electron chi connectivity index (χ0n) is 4.19. The van der Waals surface area contributed by atoms with Gasteiger partial charge in [-0.05, 0) is 0 Å². The fraction of sp³-hybridized carbons (Fsp3) is 0.400. The van der Waals surface area contributed by atoms with Gasteiger partial charge in [-0.1, -0.05) is 5.92 Å². The largest absolute Gasteiger partial charge is 0.345 e. The zero-order chi connectivity index (χ0) is 5.70. The van der Waals surface area contributed by atoms with E-state index in [4.69, 9.17) is 6.42 Å². The third kappa shape index (κ3) is 5.03. The summed E-state index contributed by atoms with van der Waals surface area (Å²) in [5.74, 6) is 2.18. The first-order valence-corrected chi connectivity index (χ1v) is 1.95. The number of terminal acetylenes is 1. The third-order valence-electron chi connectivity index (χ3n) is 0.439. The molecule has 0 spiro atoms. The average Bonchev–Trinajstić information content (AvgIpc) is 1.61. The van der Waals surface area contributed by atoms with Crippen LogP contribution in [-0.4, -0.2) is 12.5 Å². The lowest BCUT2D eigenvalue weighted by Gasteiger charge is -1.88. The van der Waals surface area contributed by atoms with E-state index in [-0.39, 0.29) is 5.91 Å². The third-order valence-corrected chi connectivity index (χ3v) is 0.439. The second-order valence-electron chi connectivity index (χ2n) is 1.11. The van der Waals surface area contributed by atoms with Gasteiger partial charge in [0.25, 0.3) is 0 Å². The molecule has 2 nitrogen and oxygen atoms in total. The van der Waals surface area contributed by atoms with Crippen molar-refractivity contribution in [3.63, 3.8) is 0 Å². The van der Waals surface area contributed by atoms with Crippen molar-refractivity contribution in [1.82, 2.24) is 5.32 Å². The first-order valence-electron chi connectivity index (χ1n) is 1.95. The van der Waals surface area contributed by atoms with Crippen LogP contribution in [-0.2, 0) is 4.79 Å². The molecule has 0 unspecified atom stereocenters. The summed E-state index contributed by atoms with van der Waals surface area (Å²) in [4.78, 5) is 10.00. The zero-order valence-corrected chi connectivity index (χ0v) is 4.19. The fourth-order valence-electron chi connectivity index (χ4n) is 0.176. The molecule has 0 aliphatic carbocycles. The summed E-state index contributed by atoms with van der Waals surface area (Å²) in [5, 5.41) is 2.42. The Labute approximate surface area is 42.9 Å². The standard InChI is InChI=1S/C5H7NO/c1-3-4-6-5(2)7/h1H,4H2,2H3,(H,6,7). The van der Waals surface area contributed by atoms with E-state index in [1.807, 2.05) is 0 Å². The van der Waals surface area contributed by atoms with Gasteiger partial charge in [0.05, 0.1) is 6.54 Å². The van der Waals surface area contributed by atoms with E-state index in [0.717, 1.165) is 0 Å². The Balaban J connectivity index is 3.02. The maximum absolute atomic E-state index is 10.00. The summed E-state index contributed by atoms with van der Waals surface area (Å²) in [7, 11) is 0. The Bertz CT molecular complexity index is 101. The van der Waals surface area contributed by atoms with E-state index in [0.29, 0.717) is 6.54 Å². The lowest BCUT2D eigenvalue weighted by atomic mass is 10.6. The van der Waals surface area contributed by atoms with E-state index < -0.39 is 0 Å². The molecule has 0 atom stereocenters. The highest BCUT2D eigenvalue weighted by Gasteiger charge is 1.81. The summed E-state index contributed by atoms with van der Waals surface area (Å²) in [6, 6.07) is 0. The normalized spacial score (nSPS) is 6.86. The number of carbonyl (C=O) groups is 1. The monoisotopic (exact) mass is 97.1 g/mol. The summed E-state index contributed by atoms with van der Waals surface area (Å²) in [6.07, 6.45) is 4.81. The van der Waals surface area contributed by atoms with Gasteiger partial charge in [-0.2, -0.15) is 0 Å². The van der Waals surface area contributed by atoms with Gasteiger partial charge < -0.3 is 5.32 Å². The summed E-state index contributed by atoms with van der Waals surface area (Å²) in [5.41, 5.74) is 0. The second-order valence-corrected chi connectivity index (χ2v) is 1.11. The molecule has 0 aromatic carbocycles. The van der Waals surface area contributed by atoms with Crippen LogP contribution in [0.3, 0.4) is 0 Å². The molecule has 0 aliphatic heterocycles. The molecule has 1 amide bonds. The molecular formula is C5H7NO. The van der Waals surface area contributed by atoms with Crippen LogP contribution in [0.2, 0.25) is 0 Å². The molecule has 2 heteroatoms. The van der Waals surface area contributed by atoms with Gasteiger partial charge in [-0.3, -0.25) is 4.79 Å². The van der Waals surface area contributed by atoms with E-state index >= 15 is 0 Å². The van der Waals surface area contributed by atoms with Crippen molar-refractivity contribution in [2.75, 3.05) is 6.54 Å². The highest BCUT2D eigenvalue weighted by Crippen LogP contribution is 1.54. The quantitative estimate of drug-likeness (QED) is 0.449. The van der Waals surface area contributed by atoms with E-state index in [2.05, 4.69) is 11.2 Å². The minimum Gasteiger partial charge on any atom is -0.345 e. The van der Waals surface area contributed by atoms with Crippen molar-refractivity contribution >= 4 is 5.91 Å². The van der Waals surface area contributed by atoms with Crippen molar-refractivity contribution < 1.29 is 4.79 Å². The number of amides is 1. The predicted octanol–water partition coefficient (Wildman–Crippen LogP) is -0.244. The minimum absolute atomic E-state index is 0.0852. The molecule has 0 aliphatic rings. The molecule has 7 heavy (non-hydrogen) atoms. The molecule has 0 aromatic heterocycles. The van der Waals surface area contributed by atoms with Gasteiger partial charge in [0.15, 0.2) is 0 Å². The van der Waals surface area contributed by atoms with Gasteiger partial charge in [-0.15, -0.1) is 6.42 Å². The lowest BCUT2D eigenvalue weighted by Crippen LogP contribution is -2.19. The highest BCUT2D eigenvalue weighted by atomic mass is 16.1. The van der Waals surface area contributed by atoms with Crippen molar-refractivity contribution in [2.45, 2.75) is 6.92 Å². The fourth-order valence-corrected chi connectivity index (χ4v) is 0.176. The van der Waals surface area contributed by atoms with Crippen molar-refractivity contribution in [1.29, 1.82) is 0 Å². The number of hydrogen-bond acceptors (Lipinski definition) is 1. The predicted molar refractivity (Wildman–Crippen MR) is 27.5 cm³/mol. The van der Waals surface area contributed by atoms with Gasteiger partial charge in [0.2, 0.25) is 5.91 Å².